The molecule has 1 heterocycles. The molecule has 4 heteroatoms. The summed E-state index contributed by atoms with van der Waals surface area (Å²) in [5.41, 5.74) is 5.99. The summed E-state index contributed by atoms with van der Waals surface area (Å²) < 4.78 is 0. The second-order valence-corrected chi connectivity index (χ2v) is 4.56. The van der Waals surface area contributed by atoms with Gasteiger partial charge in [0, 0.05) is 6.54 Å². The van der Waals surface area contributed by atoms with Crippen LogP contribution in [0.3, 0.4) is 0 Å². The Morgan fingerprint density at radius 2 is 2.19 bits per heavy atom. The predicted molar refractivity (Wildman–Crippen MR) is 60.2 cm³/mol. The van der Waals surface area contributed by atoms with Gasteiger partial charge in [-0.15, -0.1) is 0 Å². The molecule has 4 nitrogen and oxygen atoms in total. The Kier molecular flexibility index (Phi) is 3.25. The van der Waals surface area contributed by atoms with Gasteiger partial charge in [0.1, 0.15) is 6.04 Å². The Hall–Kier alpha value is -1.34. The van der Waals surface area contributed by atoms with E-state index >= 15 is 0 Å². The molecule has 1 amide bonds. The summed E-state index contributed by atoms with van der Waals surface area (Å²) in [5, 5.41) is 8.90. The molecular weight excluding hydrogens is 202 g/mol. The number of rotatable bonds is 2. The second-order valence-electron chi connectivity index (χ2n) is 4.56. The van der Waals surface area contributed by atoms with Crippen molar-refractivity contribution in [2.75, 3.05) is 6.54 Å². The molecule has 0 unspecified atom stereocenters. The molecule has 0 aromatic heterocycles. The minimum Gasteiger partial charge on any atom is -0.320 e. The molecule has 0 saturated heterocycles. The first-order valence-electron chi connectivity index (χ1n) is 5.86. The van der Waals surface area contributed by atoms with Gasteiger partial charge < -0.3 is 10.6 Å². The molecule has 2 rings (SSSR count). The standard InChI is InChI=1S/C12H17N3O/c13-8-10-6-3-7-15(10)12(16)11(14)9-4-1-2-5-9/h3,6,9-11H,1-2,4-5,7,14H2/t10-,11-/m0/s1. The zero-order chi connectivity index (χ0) is 11.5. The Labute approximate surface area is 95.7 Å². The van der Waals surface area contributed by atoms with E-state index in [2.05, 4.69) is 6.07 Å². The Morgan fingerprint density at radius 1 is 1.50 bits per heavy atom. The summed E-state index contributed by atoms with van der Waals surface area (Å²) >= 11 is 0. The highest BCUT2D eigenvalue weighted by atomic mass is 16.2. The van der Waals surface area contributed by atoms with E-state index in [0.717, 1.165) is 12.8 Å². The minimum atomic E-state index is -0.418. The lowest BCUT2D eigenvalue weighted by atomic mass is 9.97. The van der Waals surface area contributed by atoms with Gasteiger partial charge in [-0.1, -0.05) is 18.9 Å². The van der Waals surface area contributed by atoms with Gasteiger partial charge in [0.05, 0.1) is 12.1 Å². The number of amides is 1. The van der Waals surface area contributed by atoms with E-state index in [4.69, 9.17) is 11.0 Å². The smallest absolute Gasteiger partial charge is 0.241 e. The largest absolute Gasteiger partial charge is 0.320 e. The highest BCUT2D eigenvalue weighted by Crippen LogP contribution is 2.28. The monoisotopic (exact) mass is 219 g/mol. The van der Waals surface area contributed by atoms with Crippen molar-refractivity contribution in [2.45, 2.75) is 37.8 Å². The maximum Gasteiger partial charge on any atom is 0.241 e. The molecule has 0 spiro atoms. The number of hydrogen-bond donors (Lipinski definition) is 1. The Morgan fingerprint density at radius 3 is 2.81 bits per heavy atom. The van der Waals surface area contributed by atoms with Gasteiger partial charge in [-0.3, -0.25) is 4.79 Å². The summed E-state index contributed by atoms with van der Waals surface area (Å²) in [4.78, 5) is 13.7. The topological polar surface area (TPSA) is 70.1 Å². The summed E-state index contributed by atoms with van der Waals surface area (Å²) in [6, 6.07) is 1.27. The first kappa shape index (κ1) is 11.2. The highest BCUT2D eigenvalue weighted by molar-refractivity contribution is 5.83. The molecule has 2 aliphatic rings. The molecule has 2 atom stereocenters. The summed E-state index contributed by atoms with van der Waals surface area (Å²) in [5.74, 6) is 0.246. The molecule has 0 radical (unpaired) electrons. The van der Waals surface area contributed by atoms with Gasteiger partial charge in [0.15, 0.2) is 0 Å². The van der Waals surface area contributed by atoms with Gasteiger partial charge >= 0.3 is 0 Å². The van der Waals surface area contributed by atoms with Gasteiger partial charge in [0.2, 0.25) is 5.91 Å². The number of nitrogens with zero attached hydrogens (tertiary/aromatic N) is 2. The molecule has 16 heavy (non-hydrogen) atoms. The van der Waals surface area contributed by atoms with Crippen molar-refractivity contribution in [1.82, 2.24) is 4.90 Å². The summed E-state index contributed by atoms with van der Waals surface area (Å²) in [6.07, 6.45) is 8.06. The lowest BCUT2D eigenvalue weighted by molar-refractivity contribution is -0.133. The number of carbonyl (C=O) groups excluding carboxylic acids is 1. The van der Waals surface area contributed by atoms with Crippen molar-refractivity contribution in [3.63, 3.8) is 0 Å². The second kappa shape index (κ2) is 4.67. The van der Waals surface area contributed by atoms with E-state index < -0.39 is 12.1 Å². The van der Waals surface area contributed by atoms with Crippen molar-refractivity contribution in [3.8, 4) is 6.07 Å². The van der Waals surface area contributed by atoms with Crippen molar-refractivity contribution in [1.29, 1.82) is 5.26 Å². The first-order chi connectivity index (χ1) is 7.74. The number of carbonyl (C=O) groups is 1. The van der Waals surface area contributed by atoms with Crippen molar-refractivity contribution in [2.24, 2.45) is 11.7 Å². The quantitative estimate of drug-likeness (QED) is 0.698. The molecule has 0 aromatic carbocycles. The highest BCUT2D eigenvalue weighted by Gasteiger charge is 2.33. The molecule has 1 aliphatic carbocycles. The van der Waals surface area contributed by atoms with Crippen LogP contribution in [0.5, 0.6) is 0 Å². The van der Waals surface area contributed by atoms with Crippen LogP contribution in [-0.4, -0.2) is 29.4 Å². The third-order valence-electron chi connectivity index (χ3n) is 3.56. The molecule has 2 N–H and O–H groups in total. The Bertz CT molecular complexity index is 339. The lowest BCUT2D eigenvalue weighted by Crippen LogP contribution is -2.48. The normalized spacial score (nSPS) is 27.0. The van der Waals surface area contributed by atoms with E-state index in [1.54, 1.807) is 11.0 Å². The number of nitrogens with two attached hydrogens (primary N) is 1. The number of nitriles is 1. The van der Waals surface area contributed by atoms with Gasteiger partial charge in [0.25, 0.3) is 0 Å². The average molecular weight is 219 g/mol. The number of hydrogen-bond acceptors (Lipinski definition) is 3. The average Bonchev–Trinajstić information content (AvgIpc) is 2.97. The SMILES string of the molecule is N#C[C@@H]1C=CCN1C(=O)[C@@H](N)C1CCCC1. The molecule has 0 bridgehead atoms. The van der Waals surface area contributed by atoms with E-state index in [1.165, 1.54) is 12.8 Å². The van der Waals surface area contributed by atoms with Crippen molar-refractivity contribution >= 4 is 5.91 Å². The maximum atomic E-state index is 12.1. The third-order valence-corrected chi connectivity index (χ3v) is 3.56. The van der Waals surface area contributed by atoms with E-state index in [-0.39, 0.29) is 5.91 Å². The fourth-order valence-electron chi connectivity index (χ4n) is 2.57. The van der Waals surface area contributed by atoms with Crippen LogP contribution in [-0.2, 0) is 4.79 Å². The zero-order valence-electron chi connectivity index (χ0n) is 9.30. The van der Waals surface area contributed by atoms with Crippen LogP contribution in [0.1, 0.15) is 25.7 Å². The van der Waals surface area contributed by atoms with Crippen LogP contribution in [0.15, 0.2) is 12.2 Å². The summed E-state index contributed by atoms with van der Waals surface area (Å²) in [6.45, 7) is 0.525. The zero-order valence-corrected chi connectivity index (χ0v) is 9.30. The van der Waals surface area contributed by atoms with Crippen LogP contribution >= 0.6 is 0 Å². The summed E-state index contributed by atoms with van der Waals surface area (Å²) in [7, 11) is 0. The fourth-order valence-corrected chi connectivity index (χ4v) is 2.57. The van der Waals surface area contributed by atoms with Crippen LogP contribution in [0.25, 0.3) is 0 Å². The van der Waals surface area contributed by atoms with Crippen LogP contribution in [0, 0.1) is 17.2 Å². The van der Waals surface area contributed by atoms with Crippen LogP contribution in [0.2, 0.25) is 0 Å². The van der Waals surface area contributed by atoms with E-state index in [1.807, 2.05) is 6.08 Å². The van der Waals surface area contributed by atoms with E-state index in [9.17, 15) is 4.79 Å². The van der Waals surface area contributed by atoms with Crippen LogP contribution < -0.4 is 5.73 Å². The van der Waals surface area contributed by atoms with Gasteiger partial charge in [-0.2, -0.15) is 5.26 Å². The minimum absolute atomic E-state index is 0.0662. The van der Waals surface area contributed by atoms with Gasteiger partial charge in [-0.25, -0.2) is 0 Å². The predicted octanol–water partition coefficient (Wildman–Crippen LogP) is 0.794. The molecule has 1 fully saturated rings. The van der Waals surface area contributed by atoms with Crippen LogP contribution in [0.4, 0.5) is 0 Å². The fraction of sp³-hybridized carbons (Fsp3) is 0.667. The lowest BCUT2D eigenvalue weighted by Gasteiger charge is -2.26. The first-order valence-corrected chi connectivity index (χ1v) is 5.86. The maximum absolute atomic E-state index is 12.1. The van der Waals surface area contributed by atoms with E-state index in [0.29, 0.717) is 12.5 Å². The van der Waals surface area contributed by atoms with Crippen molar-refractivity contribution < 1.29 is 4.79 Å². The molecule has 0 aromatic rings. The molecule has 1 saturated carbocycles. The Balaban J connectivity index is 1.99. The molecule has 1 aliphatic heterocycles. The molecule has 86 valence electrons. The molecular formula is C12H17N3O. The van der Waals surface area contributed by atoms with Crippen molar-refractivity contribution in [3.05, 3.63) is 12.2 Å². The van der Waals surface area contributed by atoms with Gasteiger partial charge in [-0.05, 0) is 24.8 Å². The third kappa shape index (κ3) is 1.96.